The van der Waals surface area contributed by atoms with E-state index in [4.69, 9.17) is 0 Å². The van der Waals surface area contributed by atoms with Crippen molar-refractivity contribution in [2.24, 2.45) is 12.0 Å². The number of aliphatic hydroxyl groups is 1. The van der Waals surface area contributed by atoms with Crippen LogP contribution in [0.3, 0.4) is 0 Å². The number of guanidine groups is 1. The maximum Gasteiger partial charge on any atom is 0.424 e. The van der Waals surface area contributed by atoms with Crippen LogP contribution in [0.5, 0.6) is 0 Å². The van der Waals surface area contributed by atoms with Crippen molar-refractivity contribution in [2.75, 3.05) is 31.6 Å². The average molecular weight is 495 g/mol. The lowest BCUT2D eigenvalue weighted by atomic mass is 9.98. The van der Waals surface area contributed by atoms with Crippen molar-refractivity contribution in [1.29, 1.82) is 0 Å². The number of hydrogen-bond acceptors (Lipinski definition) is 4. The highest BCUT2D eigenvalue weighted by atomic mass is 127. The van der Waals surface area contributed by atoms with E-state index in [1.54, 1.807) is 11.8 Å². The van der Waals surface area contributed by atoms with Gasteiger partial charge in [-0.2, -0.15) is 24.9 Å². The van der Waals surface area contributed by atoms with E-state index < -0.39 is 24.0 Å². The highest BCUT2D eigenvalue weighted by molar-refractivity contribution is 14.0. The van der Waals surface area contributed by atoms with Crippen molar-refractivity contribution in [3.05, 3.63) is 18.2 Å². The topological polar surface area (TPSA) is 74.5 Å². The van der Waals surface area contributed by atoms with Gasteiger partial charge in [-0.1, -0.05) is 0 Å². The Morgan fingerprint density at radius 3 is 2.56 bits per heavy atom. The predicted octanol–water partition coefficient (Wildman–Crippen LogP) is 2.10. The molecule has 1 unspecified atom stereocenters. The second-order valence-corrected chi connectivity index (χ2v) is 6.14. The zero-order valence-corrected chi connectivity index (χ0v) is 17.6. The first-order valence-electron chi connectivity index (χ1n) is 7.54. The van der Waals surface area contributed by atoms with Crippen LogP contribution in [-0.4, -0.2) is 58.4 Å². The van der Waals surface area contributed by atoms with Crippen LogP contribution in [0.4, 0.5) is 13.2 Å². The minimum absolute atomic E-state index is 0. The van der Waals surface area contributed by atoms with Crippen molar-refractivity contribution in [1.82, 2.24) is 20.2 Å². The van der Waals surface area contributed by atoms with Crippen LogP contribution < -0.4 is 10.6 Å². The number of nitrogens with zero attached hydrogens (tertiary/aromatic N) is 3. The van der Waals surface area contributed by atoms with Gasteiger partial charge in [-0.25, -0.2) is 4.98 Å². The molecule has 1 rings (SSSR count). The molecule has 146 valence electrons. The Bertz CT molecular complexity index is 541. The molecule has 0 aliphatic heterocycles. The Morgan fingerprint density at radius 2 is 2.08 bits per heavy atom. The van der Waals surface area contributed by atoms with Gasteiger partial charge in [0.15, 0.2) is 5.96 Å². The molecule has 0 aliphatic carbocycles. The van der Waals surface area contributed by atoms with Crippen LogP contribution in [-0.2, 0) is 12.6 Å². The number of thioether (sulfide) groups is 1. The van der Waals surface area contributed by atoms with Gasteiger partial charge in [-0.3, -0.25) is 4.99 Å². The maximum absolute atomic E-state index is 13.4. The van der Waals surface area contributed by atoms with E-state index in [1.807, 2.05) is 13.2 Å². The second-order valence-electron chi connectivity index (χ2n) is 5.15. The largest absolute Gasteiger partial charge is 0.424 e. The summed E-state index contributed by atoms with van der Waals surface area (Å²) in [6.45, 7) is 2.91. The molecule has 11 heteroatoms. The molecule has 1 atom stereocenters. The molecule has 0 bridgehead atoms. The van der Waals surface area contributed by atoms with E-state index in [9.17, 15) is 18.3 Å². The zero-order valence-electron chi connectivity index (χ0n) is 14.4. The van der Waals surface area contributed by atoms with Crippen LogP contribution in [0.15, 0.2) is 17.4 Å². The van der Waals surface area contributed by atoms with Gasteiger partial charge in [0.05, 0.1) is 0 Å². The van der Waals surface area contributed by atoms with Crippen molar-refractivity contribution >= 4 is 41.7 Å². The molecule has 3 N–H and O–H groups in total. The highest BCUT2D eigenvalue weighted by Gasteiger charge is 2.57. The van der Waals surface area contributed by atoms with E-state index >= 15 is 0 Å². The normalized spacial score (nSPS) is 14.6. The molecule has 6 nitrogen and oxygen atoms in total. The molecular formula is C14H25F3IN5OS. The van der Waals surface area contributed by atoms with Gasteiger partial charge in [0.2, 0.25) is 5.60 Å². The number of nitrogens with one attached hydrogen (secondary N) is 2. The Labute approximate surface area is 167 Å². The fourth-order valence-electron chi connectivity index (χ4n) is 2.09. The van der Waals surface area contributed by atoms with E-state index in [0.29, 0.717) is 19.0 Å². The summed E-state index contributed by atoms with van der Waals surface area (Å²) in [7, 11) is 1.41. The fraction of sp³-hybridized carbons (Fsp3) is 0.714. The summed E-state index contributed by atoms with van der Waals surface area (Å²) in [4.78, 5) is 7.77. The number of imidazole rings is 1. The van der Waals surface area contributed by atoms with Crippen LogP contribution in [0.25, 0.3) is 0 Å². The van der Waals surface area contributed by atoms with Gasteiger partial charge in [0.1, 0.15) is 5.82 Å². The lowest BCUT2D eigenvalue weighted by molar-refractivity contribution is -0.272. The third-order valence-corrected chi connectivity index (χ3v) is 3.96. The molecule has 0 radical (unpaired) electrons. The van der Waals surface area contributed by atoms with Crippen LogP contribution in [0.1, 0.15) is 19.2 Å². The fourth-order valence-corrected chi connectivity index (χ4v) is 2.39. The summed E-state index contributed by atoms with van der Waals surface area (Å²) in [5, 5.41) is 16.2. The quantitative estimate of drug-likeness (QED) is 0.223. The average Bonchev–Trinajstić information content (AvgIpc) is 2.92. The van der Waals surface area contributed by atoms with Crippen molar-refractivity contribution in [2.45, 2.75) is 25.1 Å². The summed E-state index contributed by atoms with van der Waals surface area (Å²) < 4.78 is 41.3. The smallest absolute Gasteiger partial charge is 0.374 e. The third-order valence-electron chi connectivity index (χ3n) is 3.35. The molecule has 0 amide bonds. The molecule has 1 heterocycles. The summed E-state index contributed by atoms with van der Waals surface area (Å²) in [6, 6.07) is 0. The van der Waals surface area contributed by atoms with E-state index in [-0.39, 0.29) is 30.5 Å². The number of aromatic nitrogens is 2. The minimum Gasteiger partial charge on any atom is -0.374 e. The van der Waals surface area contributed by atoms with Crippen molar-refractivity contribution in [3.8, 4) is 0 Å². The number of halogens is 4. The summed E-state index contributed by atoms with van der Waals surface area (Å²) >= 11 is 1.65. The molecule has 0 aromatic carbocycles. The molecule has 1 aromatic rings. The van der Waals surface area contributed by atoms with Crippen LogP contribution in [0, 0.1) is 0 Å². The zero-order chi connectivity index (χ0) is 18.2. The molecule has 25 heavy (non-hydrogen) atoms. The summed E-state index contributed by atoms with van der Waals surface area (Å²) in [6.07, 6.45) is -0.901. The first kappa shape index (κ1) is 24.3. The molecule has 0 spiro atoms. The maximum atomic E-state index is 13.4. The highest BCUT2D eigenvalue weighted by Crippen LogP contribution is 2.40. The Morgan fingerprint density at radius 1 is 1.40 bits per heavy atom. The Hall–Kier alpha value is -0.690. The van der Waals surface area contributed by atoms with E-state index in [2.05, 4.69) is 20.6 Å². The first-order chi connectivity index (χ1) is 11.3. The standard InChI is InChI=1S/C14H24F3N5OS.HI/c1-4-18-12(21-8-10-24-3)20-6-5-13(23,14(15,16)17)11-19-7-9-22(11)2;/h7,9,23H,4-6,8,10H2,1-3H3,(H2,18,20,21);1H. The van der Waals surface area contributed by atoms with Gasteiger partial charge < -0.3 is 20.3 Å². The molecular weight excluding hydrogens is 470 g/mol. The summed E-state index contributed by atoms with van der Waals surface area (Å²) in [5.41, 5.74) is -3.04. The van der Waals surface area contributed by atoms with Crippen LogP contribution >= 0.6 is 35.7 Å². The van der Waals surface area contributed by atoms with E-state index in [0.717, 1.165) is 5.75 Å². The molecule has 0 saturated heterocycles. The first-order valence-corrected chi connectivity index (χ1v) is 8.93. The molecule has 0 aliphatic rings. The lowest BCUT2D eigenvalue weighted by Gasteiger charge is -2.29. The monoisotopic (exact) mass is 495 g/mol. The second kappa shape index (κ2) is 11.1. The van der Waals surface area contributed by atoms with Gasteiger partial charge in [-0.15, -0.1) is 24.0 Å². The van der Waals surface area contributed by atoms with Crippen molar-refractivity contribution < 1.29 is 18.3 Å². The van der Waals surface area contributed by atoms with Gasteiger partial charge in [-0.05, 0) is 13.2 Å². The number of rotatable bonds is 8. The van der Waals surface area contributed by atoms with Gasteiger partial charge >= 0.3 is 6.18 Å². The van der Waals surface area contributed by atoms with Gasteiger partial charge in [0, 0.05) is 51.2 Å². The number of aryl methyl sites for hydroxylation is 1. The molecule has 0 saturated carbocycles. The Balaban J connectivity index is 0.00000576. The van der Waals surface area contributed by atoms with E-state index in [1.165, 1.54) is 24.0 Å². The number of aliphatic imine (C=N–C) groups is 1. The van der Waals surface area contributed by atoms with Crippen molar-refractivity contribution in [3.63, 3.8) is 0 Å². The number of hydrogen-bond donors (Lipinski definition) is 3. The third kappa shape index (κ3) is 6.85. The number of alkyl halides is 3. The summed E-state index contributed by atoms with van der Waals surface area (Å²) in [5.74, 6) is 0.839. The minimum atomic E-state index is -4.84. The molecule has 0 fully saturated rings. The predicted molar refractivity (Wildman–Crippen MR) is 106 cm³/mol. The SMILES string of the molecule is CCNC(=NCCC(O)(c1nccn1C)C(F)(F)F)NCCSC.I. The molecule has 1 aromatic heterocycles. The van der Waals surface area contributed by atoms with Gasteiger partial charge in [0.25, 0.3) is 0 Å². The Kier molecular flexibility index (Phi) is 10.8. The lowest BCUT2D eigenvalue weighted by Crippen LogP contribution is -2.45. The van der Waals surface area contributed by atoms with Crippen LogP contribution in [0.2, 0.25) is 0 Å².